The Bertz CT molecular complexity index is 889. The molecule has 0 fully saturated rings. The highest BCUT2D eigenvalue weighted by Gasteiger charge is 2.08. The van der Waals surface area contributed by atoms with E-state index in [0.717, 1.165) is 23.2 Å². The number of carbonyl (C=O) groups excluding carboxylic acids is 1. The molecule has 0 spiro atoms. The van der Waals surface area contributed by atoms with Crippen molar-refractivity contribution < 1.29 is 4.79 Å². The van der Waals surface area contributed by atoms with E-state index in [1.807, 2.05) is 30.5 Å². The molecule has 0 bridgehead atoms. The van der Waals surface area contributed by atoms with Gasteiger partial charge in [0.25, 0.3) is 0 Å². The van der Waals surface area contributed by atoms with Crippen LogP contribution in [0.25, 0.3) is 11.1 Å². The molecular formula is C24H27N3O. The first-order chi connectivity index (χ1) is 13.6. The average Bonchev–Trinajstić information content (AvgIpc) is 2.72. The SMILES string of the molecule is CN(C)Cc1ccc(-c2ccccc2CNC(=O)CCc2cccnc2)cc1. The van der Waals surface area contributed by atoms with Crippen LogP contribution in [0.1, 0.15) is 23.1 Å². The Morgan fingerprint density at radius 3 is 2.46 bits per heavy atom. The first kappa shape index (κ1) is 19.8. The van der Waals surface area contributed by atoms with Gasteiger partial charge in [0.1, 0.15) is 0 Å². The Labute approximate surface area is 167 Å². The number of nitrogens with zero attached hydrogens (tertiary/aromatic N) is 2. The van der Waals surface area contributed by atoms with Crippen molar-refractivity contribution in [1.82, 2.24) is 15.2 Å². The van der Waals surface area contributed by atoms with E-state index >= 15 is 0 Å². The highest BCUT2D eigenvalue weighted by atomic mass is 16.1. The van der Waals surface area contributed by atoms with E-state index in [4.69, 9.17) is 0 Å². The maximum absolute atomic E-state index is 12.2. The van der Waals surface area contributed by atoms with Gasteiger partial charge in [0.05, 0.1) is 0 Å². The fourth-order valence-electron chi connectivity index (χ4n) is 3.20. The van der Waals surface area contributed by atoms with E-state index in [-0.39, 0.29) is 5.91 Å². The lowest BCUT2D eigenvalue weighted by Gasteiger charge is -2.13. The Balaban J connectivity index is 1.61. The lowest BCUT2D eigenvalue weighted by Crippen LogP contribution is -2.23. The standard InChI is InChI=1S/C24H27N3O/c1-27(2)18-20-9-12-21(13-10-20)23-8-4-3-7-22(23)17-26-24(28)14-11-19-6-5-15-25-16-19/h3-10,12-13,15-16H,11,14,17-18H2,1-2H3,(H,26,28). The fraction of sp³-hybridized carbons (Fsp3) is 0.250. The highest BCUT2D eigenvalue weighted by Crippen LogP contribution is 2.24. The Morgan fingerprint density at radius 2 is 1.75 bits per heavy atom. The molecule has 1 amide bonds. The highest BCUT2D eigenvalue weighted by molar-refractivity contribution is 5.77. The molecule has 1 N–H and O–H groups in total. The first-order valence-corrected chi connectivity index (χ1v) is 9.59. The van der Waals surface area contributed by atoms with Crippen LogP contribution < -0.4 is 5.32 Å². The minimum absolute atomic E-state index is 0.0555. The van der Waals surface area contributed by atoms with Gasteiger partial charge in [0, 0.05) is 31.9 Å². The van der Waals surface area contributed by atoms with Crippen LogP contribution in [-0.4, -0.2) is 29.9 Å². The van der Waals surface area contributed by atoms with Crippen molar-refractivity contribution in [1.29, 1.82) is 0 Å². The molecule has 3 aromatic rings. The normalized spacial score (nSPS) is 10.8. The molecule has 0 aliphatic carbocycles. The maximum atomic E-state index is 12.2. The zero-order chi connectivity index (χ0) is 19.8. The van der Waals surface area contributed by atoms with Crippen LogP contribution in [0.15, 0.2) is 73.1 Å². The Morgan fingerprint density at radius 1 is 0.964 bits per heavy atom. The molecule has 0 saturated heterocycles. The predicted molar refractivity (Wildman–Crippen MR) is 114 cm³/mol. The van der Waals surface area contributed by atoms with Gasteiger partial charge in [-0.2, -0.15) is 0 Å². The minimum atomic E-state index is 0.0555. The third-order valence-corrected chi connectivity index (χ3v) is 4.62. The molecule has 0 radical (unpaired) electrons. The van der Waals surface area contributed by atoms with Gasteiger partial charge in [-0.05, 0) is 54.4 Å². The summed E-state index contributed by atoms with van der Waals surface area (Å²) in [6.45, 7) is 1.45. The summed E-state index contributed by atoms with van der Waals surface area (Å²) < 4.78 is 0. The quantitative estimate of drug-likeness (QED) is 0.648. The smallest absolute Gasteiger partial charge is 0.220 e. The van der Waals surface area contributed by atoms with E-state index in [9.17, 15) is 4.79 Å². The first-order valence-electron chi connectivity index (χ1n) is 9.59. The summed E-state index contributed by atoms with van der Waals surface area (Å²) in [5.41, 5.74) is 5.82. The van der Waals surface area contributed by atoms with Gasteiger partial charge in [0.2, 0.25) is 5.91 Å². The summed E-state index contributed by atoms with van der Waals surface area (Å²) in [6, 6.07) is 20.8. The zero-order valence-electron chi connectivity index (χ0n) is 16.6. The lowest BCUT2D eigenvalue weighted by molar-refractivity contribution is -0.121. The summed E-state index contributed by atoms with van der Waals surface area (Å²) in [6.07, 6.45) is 4.72. The molecule has 0 saturated carbocycles. The molecule has 28 heavy (non-hydrogen) atoms. The molecule has 0 unspecified atom stereocenters. The van der Waals surface area contributed by atoms with Crippen LogP contribution in [0.4, 0.5) is 0 Å². The van der Waals surface area contributed by atoms with Crippen molar-refractivity contribution in [2.45, 2.75) is 25.9 Å². The molecule has 2 aromatic carbocycles. The fourth-order valence-corrected chi connectivity index (χ4v) is 3.20. The minimum Gasteiger partial charge on any atom is -0.352 e. The molecule has 1 heterocycles. The van der Waals surface area contributed by atoms with Gasteiger partial charge in [-0.3, -0.25) is 9.78 Å². The van der Waals surface area contributed by atoms with Crippen molar-refractivity contribution >= 4 is 5.91 Å². The van der Waals surface area contributed by atoms with Crippen molar-refractivity contribution in [3.8, 4) is 11.1 Å². The van der Waals surface area contributed by atoms with Crippen molar-refractivity contribution in [2.75, 3.05) is 14.1 Å². The summed E-state index contributed by atoms with van der Waals surface area (Å²) in [5, 5.41) is 3.05. The van der Waals surface area contributed by atoms with E-state index in [1.165, 1.54) is 11.1 Å². The van der Waals surface area contributed by atoms with Gasteiger partial charge in [-0.15, -0.1) is 0 Å². The van der Waals surface area contributed by atoms with Gasteiger partial charge in [-0.25, -0.2) is 0 Å². The van der Waals surface area contributed by atoms with E-state index in [0.29, 0.717) is 19.4 Å². The number of aromatic nitrogens is 1. The second-order valence-corrected chi connectivity index (χ2v) is 7.23. The molecule has 4 nitrogen and oxygen atoms in total. The lowest BCUT2D eigenvalue weighted by atomic mass is 9.98. The molecule has 3 rings (SSSR count). The molecule has 0 aliphatic rings. The van der Waals surface area contributed by atoms with Crippen molar-refractivity contribution in [2.24, 2.45) is 0 Å². The number of hydrogen-bond donors (Lipinski definition) is 1. The second-order valence-electron chi connectivity index (χ2n) is 7.23. The topological polar surface area (TPSA) is 45.2 Å². The van der Waals surface area contributed by atoms with Crippen LogP contribution in [-0.2, 0) is 24.3 Å². The van der Waals surface area contributed by atoms with Crippen LogP contribution >= 0.6 is 0 Å². The van der Waals surface area contributed by atoms with E-state index < -0.39 is 0 Å². The number of hydrogen-bond acceptors (Lipinski definition) is 3. The number of pyridine rings is 1. The van der Waals surface area contributed by atoms with Crippen LogP contribution in [0.5, 0.6) is 0 Å². The van der Waals surface area contributed by atoms with Crippen molar-refractivity contribution in [3.63, 3.8) is 0 Å². The number of amides is 1. The third kappa shape index (κ3) is 5.76. The molecule has 4 heteroatoms. The second kappa shape index (κ2) is 9.81. The maximum Gasteiger partial charge on any atom is 0.220 e. The molecule has 1 aromatic heterocycles. The number of nitrogens with one attached hydrogen (secondary N) is 1. The zero-order valence-corrected chi connectivity index (χ0v) is 16.6. The summed E-state index contributed by atoms with van der Waals surface area (Å²) in [4.78, 5) is 18.5. The summed E-state index contributed by atoms with van der Waals surface area (Å²) in [7, 11) is 4.14. The van der Waals surface area contributed by atoms with Crippen LogP contribution in [0.2, 0.25) is 0 Å². The van der Waals surface area contributed by atoms with Crippen LogP contribution in [0, 0.1) is 0 Å². The third-order valence-electron chi connectivity index (χ3n) is 4.62. The Kier molecular flexibility index (Phi) is 6.93. The predicted octanol–water partition coefficient (Wildman–Crippen LogP) is 4.06. The van der Waals surface area contributed by atoms with Gasteiger partial charge < -0.3 is 10.2 Å². The molecule has 0 atom stereocenters. The van der Waals surface area contributed by atoms with Gasteiger partial charge in [0.15, 0.2) is 0 Å². The number of carbonyl (C=O) groups is 1. The molecular weight excluding hydrogens is 346 g/mol. The van der Waals surface area contributed by atoms with Crippen molar-refractivity contribution in [3.05, 3.63) is 89.7 Å². The van der Waals surface area contributed by atoms with Gasteiger partial charge in [-0.1, -0.05) is 54.6 Å². The van der Waals surface area contributed by atoms with Gasteiger partial charge >= 0.3 is 0 Å². The average molecular weight is 374 g/mol. The number of rotatable bonds is 8. The van der Waals surface area contributed by atoms with E-state index in [1.54, 1.807) is 6.20 Å². The van der Waals surface area contributed by atoms with E-state index in [2.05, 4.69) is 65.7 Å². The number of benzene rings is 2. The monoisotopic (exact) mass is 373 g/mol. The molecule has 0 aliphatic heterocycles. The molecule has 144 valence electrons. The van der Waals surface area contributed by atoms with Crippen LogP contribution in [0.3, 0.4) is 0 Å². The Hall–Kier alpha value is -2.98. The summed E-state index contributed by atoms with van der Waals surface area (Å²) >= 11 is 0. The number of aryl methyl sites for hydroxylation is 1. The summed E-state index contributed by atoms with van der Waals surface area (Å²) in [5.74, 6) is 0.0555. The largest absolute Gasteiger partial charge is 0.352 e.